The van der Waals surface area contributed by atoms with Gasteiger partial charge in [0.05, 0.1) is 12.5 Å². The summed E-state index contributed by atoms with van der Waals surface area (Å²) < 4.78 is 4.76. The first-order valence-corrected chi connectivity index (χ1v) is 4.94. The first-order chi connectivity index (χ1) is 7.02. The highest BCUT2D eigenvalue weighted by molar-refractivity contribution is 5.79. The molecule has 1 atom stereocenters. The smallest absolute Gasteiger partial charge is 0.311 e. The summed E-state index contributed by atoms with van der Waals surface area (Å²) in [4.78, 5) is 22.0. The Kier molecular flexibility index (Phi) is 3.45. The summed E-state index contributed by atoms with van der Waals surface area (Å²) in [6.07, 6.45) is 7.03. The van der Waals surface area contributed by atoms with Crippen molar-refractivity contribution in [3.63, 3.8) is 0 Å². The zero-order chi connectivity index (χ0) is 11.5. The van der Waals surface area contributed by atoms with Crippen molar-refractivity contribution in [3.05, 3.63) is 23.8 Å². The molecule has 0 fully saturated rings. The van der Waals surface area contributed by atoms with E-state index in [0.29, 0.717) is 12.0 Å². The minimum Gasteiger partial charge on any atom is -0.469 e. The molecule has 0 saturated heterocycles. The van der Waals surface area contributed by atoms with E-state index in [-0.39, 0.29) is 11.9 Å². The lowest BCUT2D eigenvalue weighted by Gasteiger charge is -2.30. The second-order valence-electron chi connectivity index (χ2n) is 4.24. The van der Waals surface area contributed by atoms with E-state index >= 15 is 0 Å². The Morgan fingerprint density at radius 2 is 2.27 bits per heavy atom. The standard InChI is InChI=1S/C12H16O3/c1-12(2,11(14)15-3)10-6-4-9(8-13)5-7-10/h4-6,8,10H,7H2,1-3H3. The molecule has 0 spiro atoms. The minimum absolute atomic E-state index is 0.0913. The molecular formula is C12H16O3. The van der Waals surface area contributed by atoms with Crippen LogP contribution in [0.5, 0.6) is 0 Å². The Morgan fingerprint density at radius 1 is 1.60 bits per heavy atom. The predicted octanol–water partition coefficient (Wildman–Crippen LogP) is 1.89. The maximum atomic E-state index is 11.5. The fraction of sp³-hybridized carbons (Fsp3) is 0.500. The summed E-state index contributed by atoms with van der Waals surface area (Å²) in [5.41, 5.74) is 0.128. The number of ether oxygens (including phenoxy) is 1. The van der Waals surface area contributed by atoms with Gasteiger partial charge < -0.3 is 4.74 Å². The summed E-state index contributed by atoms with van der Waals surface area (Å²) in [5.74, 6) is -0.131. The van der Waals surface area contributed by atoms with Gasteiger partial charge >= 0.3 is 5.97 Å². The topological polar surface area (TPSA) is 43.4 Å². The van der Waals surface area contributed by atoms with Crippen LogP contribution in [0, 0.1) is 11.3 Å². The number of aldehydes is 1. The molecule has 0 bridgehead atoms. The highest BCUT2D eigenvalue weighted by Gasteiger charge is 2.36. The van der Waals surface area contributed by atoms with Gasteiger partial charge in [0, 0.05) is 5.57 Å². The minimum atomic E-state index is -0.545. The first kappa shape index (κ1) is 11.7. The van der Waals surface area contributed by atoms with Crippen LogP contribution in [0.3, 0.4) is 0 Å². The van der Waals surface area contributed by atoms with E-state index in [1.54, 1.807) is 6.08 Å². The van der Waals surface area contributed by atoms with E-state index in [0.717, 1.165) is 6.29 Å². The van der Waals surface area contributed by atoms with Crippen LogP contribution in [0.1, 0.15) is 20.3 Å². The van der Waals surface area contributed by atoms with Crippen LogP contribution in [-0.2, 0) is 14.3 Å². The van der Waals surface area contributed by atoms with Gasteiger partial charge in [-0.2, -0.15) is 0 Å². The molecule has 0 aromatic rings. The van der Waals surface area contributed by atoms with Crippen molar-refractivity contribution in [3.8, 4) is 0 Å². The second-order valence-corrected chi connectivity index (χ2v) is 4.24. The van der Waals surface area contributed by atoms with Gasteiger partial charge in [-0.15, -0.1) is 0 Å². The summed E-state index contributed by atoms with van der Waals surface area (Å²) in [6, 6.07) is 0. The van der Waals surface area contributed by atoms with Crippen molar-refractivity contribution >= 4 is 12.3 Å². The Bertz CT molecular complexity index is 324. The predicted molar refractivity (Wildman–Crippen MR) is 57.2 cm³/mol. The van der Waals surface area contributed by atoms with Crippen molar-refractivity contribution in [2.75, 3.05) is 7.11 Å². The Hall–Kier alpha value is -1.38. The molecule has 0 saturated carbocycles. The third-order valence-corrected chi connectivity index (χ3v) is 2.90. The van der Waals surface area contributed by atoms with E-state index in [4.69, 9.17) is 4.74 Å². The van der Waals surface area contributed by atoms with Crippen LogP contribution < -0.4 is 0 Å². The van der Waals surface area contributed by atoms with Gasteiger partial charge in [0.2, 0.25) is 0 Å². The number of rotatable bonds is 3. The molecule has 15 heavy (non-hydrogen) atoms. The molecule has 3 nitrogen and oxygen atoms in total. The molecule has 0 heterocycles. The van der Waals surface area contributed by atoms with Gasteiger partial charge in [0.25, 0.3) is 0 Å². The van der Waals surface area contributed by atoms with Crippen LogP contribution in [0.4, 0.5) is 0 Å². The maximum absolute atomic E-state index is 11.5. The Morgan fingerprint density at radius 3 is 2.67 bits per heavy atom. The Labute approximate surface area is 89.8 Å². The number of hydrogen-bond donors (Lipinski definition) is 0. The van der Waals surface area contributed by atoms with Gasteiger partial charge in [-0.05, 0) is 26.2 Å². The van der Waals surface area contributed by atoms with Gasteiger partial charge in [0.15, 0.2) is 0 Å². The monoisotopic (exact) mass is 208 g/mol. The average molecular weight is 208 g/mol. The van der Waals surface area contributed by atoms with Gasteiger partial charge in [-0.1, -0.05) is 18.2 Å². The van der Waals surface area contributed by atoms with Crippen LogP contribution in [0.25, 0.3) is 0 Å². The van der Waals surface area contributed by atoms with E-state index in [1.165, 1.54) is 7.11 Å². The molecule has 0 aliphatic heterocycles. The molecule has 0 amide bonds. The molecule has 0 aromatic carbocycles. The fourth-order valence-electron chi connectivity index (χ4n) is 1.67. The lowest BCUT2D eigenvalue weighted by molar-refractivity contribution is -0.152. The van der Waals surface area contributed by atoms with E-state index in [1.807, 2.05) is 26.0 Å². The molecule has 0 N–H and O–H groups in total. The van der Waals surface area contributed by atoms with Crippen molar-refractivity contribution in [1.29, 1.82) is 0 Å². The zero-order valence-electron chi connectivity index (χ0n) is 9.32. The summed E-state index contributed by atoms with van der Waals surface area (Å²) in [7, 11) is 1.39. The third kappa shape index (κ3) is 2.35. The molecule has 0 radical (unpaired) electrons. The molecule has 1 rings (SSSR count). The maximum Gasteiger partial charge on any atom is 0.311 e. The highest BCUT2D eigenvalue weighted by atomic mass is 16.5. The number of allylic oxidation sites excluding steroid dienone is 4. The molecule has 3 heteroatoms. The quantitative estimate of drug-likeness (QED) is 0.525. The number of carbonyl (C=O) groups is 2. The van der Waals surface area contributed by atoms with Crippen LogP contribution >= 0.6 is 0 Å². The summed E-state index contributed by atoms with van der Waals surface area (Å²) in [5, 5.41) is 0. The lowest BCUT2D eigenvalue weighted by atomic mass is 9.75. The van der Waals surface area contributed by atoms with Gasteiger partial charge in [-0.25, -0.2) is 0 Å². The molecule has 1 aliphatic rings. The van der Waals surface area contributed by atoms with Crippen molar-refractivity contribution < 1.29 is 14.3 Å². The third-order valence-electron chi connectivity index (χ3n) is 2.90. The number of methoxy groups -OCH3 is 1. The Balaban J connectivity index is 2.77. The first-order valence-electron chi connectivity index (χ1n) is 4.94. The number of hydrogen-bond acceptors (Lipinski definition) is 3. The molecule has 82 valence electrons. The number of esters is 1. The molecule has 1 unspecified atom stereocenters. The van der Waals surface area contributed by atoms with Crippen molar-refractivity contribution in [2.24, 2.45) is 11.3 Å². The molecule has 0 aromatic heterocycles. The van der Waals surface area contributed by atoms with E-state index < -0.39 is 5.41 Å². The summed E-state index contributed by atoms with van der Waals surface area (Å²) in [6.45, 7) is 3.71. The summed E-state index contributed by atoms with van der Waals surface area (Å²) >= 11 is 0. The number of carbonyl (C=O) groups excluding carboxylic acids is 2. The van der Waals surface area contributed by atoms with Crippen molar-refractivity contribution in [1.82, 2.24) is 0 Å². The van der Waals surface area contributed by atoms with Gasteiger partial charge in [-0.3, -0.25) is 9.59 Å². The second kappa shape index (κ2) is 4.43. The van der Waals surface area contributed by atoms with Crippen LogP contribution in [-0.4, -0.2) is 19.4 Å². The molecule has 1 aliphatic carbocycles. The highest BCUT2D eigenvalue weighted by Crippen LogP contribution is 2.34. The van der Waals surface area contributed by atoms with Crippen LogP contribution in [0.15, 0.2) is 23.8 Å². The zero-order valence-corrected chi connectivity index (χ0v) is 9.32. The SMILES string of the molecule is COC(=O)C(C)(C)C1C=CC(C=O)=CC1. The normalized spacial score (nSPS) is 20.7. The van der Waals surface area contributed by atoms with Crippen LogP contribution in [0.2, 0.25) is 0 Å². The largest absolute Gasteiger partial charge is 0.469 e. The van der Waals surface area contributed by atoms with E-state index in [2.05, 4.69) is 0 Å². The fourth-order valence-corrected chi connectivity index (χ4v) is 1.67. The van der Waals surface area contributed by atoms with Gasteiger partial charge in [0.1, 0.15) is 6.29 Å². The average Bonchev–Trinajstić information content (AvgIpc) is 2.28. The molecular weight excluding hydrogens is 192 g/mol. The lowest BCUT2D eigenvalue weighted by Crippen LogP contribution is -2.33. The van der Waals surface area contributed by atoms with E-state index in [9.17, 15) is 9.59 Å². The van der Waals surface area contributed by atoms with Crippen molar-refractivity contribution in [2.45, 2.75) is 20.3 Å².